The first-order chi connectivity index (χ1) is 18.1. The molecule has 0 saturated carbocycles. The second kappa shape index (κ2) is 10.3. The summed E-state index contributed by atoms with van der Waals surface area (Å²) in [4.78, 5) is 15.9. The molecule has 38 heavy (non-hydrogen) atoms. The molecule has 0 amide bonds. The zero-order chi connectivity index (χ0) is 27.0. The van der Waals surface area contributed by atoms with Crippen LogP contribution in [0.4, 0.5) is 21.7 Å². The summed E-state index contributed by atoms with van der Waals surface area (Å²) in [6.45, 7) is 6.81. The second-order valence-electron chi connectivity index (χ2n) is 10.3. The van der Waals surface area contributed by atoms with Gasteiger partial charge in [-0.25, -0.2) is 27.8 Å². The lowest BCUT2D eigenvalue weighted by atomic mass is 9.88. The highest BCUT2D eigenvalue weighted by molar-refractivity contribution is 7.90. The van der Waals surface area contributed by atoms with Crippen molar-refractivity contribution in [1.82, 2.24) is 24.7 Å². The number of aromatic nitrogens is 5. The standard InChI is InChI=1S/C27H32FN7O2S/c1-17(2)21-5-6-24(35-15-20(18(35)3)16-38(4,36)37)23-13-30-26(11-22(21)23)32-25-7-9-29-27(33-25)19-12-31-34(14-19)10-8-28/h5-7,9,11-14,17-18,20H,8,10,15-16H2,1-4H3,(H,29,30,32,33)/t18-,20-/m1/s1. The van der Waals surface area contributed by atoms with Crippen molar-refractivity contribution < 1.29 is 12.8 Å². The summed E-state index contributed by atoms with van der Waals surface area (Å²) >= 11 is 0. The van der Waals surface area contributed by atoms with Crippen LogP contribution >= 0.6 is 0 Å². The minimum Gasteiger partial charge on any atom is -0.368 e. The van der Waals surface area contributed by atoms with Crippen LogP contribution in [0.3, 0.4) is 0 Å². The molecule has 1 fully saturated rings. The number of alkyl halides is 1. The summed E-state index contributed by atoms with van der Waals surface area (Å²) in [5, 5.41) is 9.57. The van der Waals surface area contributed by atoms with Crippen molar-refractivity contribution in [2.75, 3.05) is 35.4 Å². The summed E-state index contributed by atoms with van der Waals surface area (Å²) in [6, 6.07) is 8.21. The van der Waals surface area contributed by atoms with E-state index in [0.29, 0.717) is 35.5 Å². The molecule has 0 bridgehead atoms. The zero-order valence-electron chi connectivity index (χ0n) is 22.0. The lowest BCUT2D eigenvalue weighted by Gasteiger charge is -2.48. The van der Waals surface area contributed by atoms with Crippen molar-refractivity contribution in [2.24, 2.45) is 5.92 Å². The van der Waals surface area contributed by atoms with Gasteiger partial charge in [0, 0.05) is 54.4 Å². The Labute approximate surface area is 222 Å². The Bertz CT molecular complexity index is 1570. The van der Waals surface area contributed by atoms with E-state index in [0.717, 1.165) is 16.5 Å². The Kier molecular flexibility index (Phi) is 7.04. The number of rotatable bonds is 9. The molecule has 1 N–H and O–H groups in total. The van der Waals surface area contributed by atoms with Gasteiger partial charge in [-0.15, -0.1) is 0 Å². The maximum absolute atomic E-state index is 12.6. The second-order valence-corrected chi connectivity index (χ2v) is 12.4. The first-order valence-corrected chi connectivity index (χ1v) is 14.7. The van der Waals surface area contributed by atoms with Gasteiger partial charge < -0.3 is 10.2 Å². The molecule has 4 heterocycles. The molecule has 1 aliphatic heterocycles. The molecule has 2 atom stereocenters. The highest BCUT2D eigenvalue weighted by Gasteiger charge is 2.38. The number of anilines is 3. The van der Waals surface area contributed by atoms with Gasteiger partial charge in [-0.05, 0) is 42.0 Å². The smallest absolute Gasteiger partial charge is 0.164 e. The van der Waals surface area contributed by atoms with E-state index in [4.69, 9.17) is 0 Å². The Balaban J connectivity index is 1.43. The van der Waals surface area contributed by atoms with E-state index >= 15 is 0 Å². The van der Waals surface area contributed by atoms with E-state index in [1.54, 1.807) is 24.7 Å². The number of hydrogen-bond acceptors (Lipinski definition) is 8. The van der Waals surface area contributed by atoms with Crippen LogP contribution in [-0.4, -0.2) is 64.4 Å². The predicted octanol–water partition coefficient (Wildman–Crippen LogP) is 4.59. The normalized spacial score (nSPS) is 17.7. The monoisotopic (exact) mass is 537 g/mol. The van der Waals surface area contributed by atoms with Crippen molar-refractivity contribution in [3.05, 3.63) is 54.6 Å². The van der Waals surface area contributed by atoms with E-state index in [-0.39, 0.29) is 24.3 Å². The van der Waals surface area contributed by atoms with Gasteiger partial charge in [-0.3, -0.25) is 4.68 Å². The van der Waals surface area contributed by atoms with E-state index in [2.05, 4.69) is 63.2 Å². The van der Waals surface area contributed by atoms with Crippen LogP contribution in [0.15, 0.2) is 49.1 Å². The predicted molar refractivity (Wildman–Crippen MR) is 148 cm³/mol. The summed E-state index contributed by atoms with van der Waals surface area (Å²) < 4.78 is 37.8. The number of nitrogens with one attached hydrogen (secondary N) is 1. The van der Waals surface area contributed by atoms with Gasteiger partial charge in [-0.2, -0.15) is 5.10 Å². The van der Waals surface area contributed by atoms with Gasteiger partial charge in [0.05, 0.1) is 24.1 Å². The number of pyridine rings is 1. The van der Waals surface area contributed by atoms with Crippen LogP contribution in [0.2, 0.25) is 0 Å². The Hall–Kier alpha value is -3.60. The van der Waals surface area contributed by atoms with E-state index < -0.39 is 16.5 Å². The highest BCUT2D eigenvalue weighted by Crippen LogP contribution is 2.39. The summed E-state index contributed by atoms with van der Waals surface area (Å²) in [5.41, 5.74) is 2.98. The van der Waals surface area contributed by atoms with Crippen LogP contribution in [0.1, 0.15) is 32.3 Å². The third-order valence-electron chi connectivity index (χ3n) is 7.08. The lowest BCUT2D eigenvalue weighted by Crippen LogP contribution is -2.57. The zero-order valence-corrected chi connectivity index (χ0v) is 22.8. The molecule has 4 aromatic rings. The lowest BCUT2D eigenvalue weighted by molar-refractivity contribution is 0.342. The number of hydrogen-bond donors (Lipinski definition) is 1. The van der Waals surface area contributed by atoms with Crippen LogP contribution in [-0.2, 0) is 16.4 Å². The number of nitrogens with zero attached hydrogens (tertiary/aromatic N) is 6. The Morgan fingerprint density at radius 1 is 1.13 bits per heavy atom. The van der Waals surface area contributed by atoms with E-state index in [1.807, 2.05) is 12.3 Å². The molecular weight excluding hydrogens is 505 g/mol. The number of sulfone groups is 1. The minimum atomic E-state index is -3.02. The van der Waals surface area contributed by atoms with Gasteiger partial charge >= 0.3 is 0 Å². The van der Waals surface area contributed by atoms with Crippen LogP contribution in [0, 0.1) is 5.92 Å². The third-order valence-corrected chi connectivity index (χ3v) is 8.12. The van der Waals surface area contributed by atoms with E-state index in [9.17, 15) is 12.8 Å². The highest BCUT2D eigenvalue weighted by atomic mass is 32.2. The number of halogens is 1. The summed E-state index contributed by atoms with van der Waals surface area (Å²) in [7, 11) is -3.02. The van der Waals surface area contributed by atoms with Gasteiger partial charge in [-0.1, -0.05) is 19.9 Å². The quantitative estimate of drug-likeness (QED) is 0.330. The van der Waals surface area contributed by atoms with Crippen molar-refractivity contribution >= 4 is 37.9 Å². The first-order valence-electron chi connectivity index (χ1n) is 12.7. The maximum atomic E-state index is 12.6. The van der Waals surface area contributed by atoms with Crippen LogP contribution < -0.4 is 10.2 Å². The molecule has 1 aromatic carbocycles. The molecule has 11 heteroatoms. The maximum Gasteiger partial charge on any atom is 0.164 e. The van der Waals surface area contributed by atoms with Crippen molar-refractivity contribution in [3.63, 3.8) is 0 Å². The molecule has 0 aliphatic carbocycles. The van der Waals surface area contributed by atoms with Crippen molar-refractivity contribution in [1.29, 1.82) is 0 Å². The van der Waals surface area contributed by atoms with E-state index in [1.165, 1.54) is 16.5 Å². The fraction of sp³-hybridized carbons (Fsp3) is 0.407. The molecular formula is C27H32FN7O2S. The largest absolute Gasteiger partial charge is 0.368 e. The minimum absolute atomic E-state index is 0.120. The van der Waals surface area contributed by atoms with Crippen LogP contribution in [0.25, 0.3) is 22.2 Å². The summed E-state index contributed by atoms with van der Waals surface area (Å²) in [5.74, 6) is 2.36. The molecule has 9 nitrogen and oxygen atoms in total. The molecule has 1 saturated heterocycles. The van der Waals surface area contributed by atoms with Crippen molar-refractivity contribution in [3.8, 4) is 11.4 Å². The van der Waals surface area contributed by atoms with Gasteiger partial charge in [0.1, 0.15) is 28.1 Å². The SMILES string of the molecule is CC(C)c1ccc(N2C[C@H](CS(C)(=O)=O)[C@H]2C)c2cnc(Nc3ccnc(-c4cnn(CCF)c4)n3)cc12. The van der Waals surface area contributed by atoms with Gasteiger partial charge in [0.15, 0.2) is 5.82 Å². The number of benzene rings is 1. The molecule has 200 valence electrons. The average Bonchev–Trinajstić information content (AvgIpc) is 3.34. The first kappa shape index (κ1) is 26.0. The van der Waals surface area contributed by atoms with Gasteiger partial charge in [0.2, 0.25) is 0 Å². The molecule has 1 aliphatic rings. The number of fused-ring (bicyclic) bond motifs is 1. The molecule has 0 unspecified atom stereocenters. The number of aryl methyl sites for hydroxylation is 1. The van der Waals surface area contributed by atoms with Crippen LogP contribution in [0.5, 0.6) is 0 Å². The summed E-state index contributed by atoms with van der Waals surface area (Å²) in [6.07, 6.45) is 8.18. The molecule has 3 aromatic heterocycles. The fourth-order valence-electron chi connectivity index (χ4n) is 5.04. The Morgan fingerprint density at radius 2 is 1.95 bits per heavy atom. The molecule has 0 radical (unpaired) electrons. The topological polar surface area (TPSA) is 106 Å². The molecule has 0 spiro atoms. The third kappa shape index (κ3) is 5.33. The fourth-order valence-corrected chi connectivity index (χ4v) is 6.20. The average molecular weight is 538 g/mol. The van der Waals surface area contributed by atoms with Crippen molar-refractivity contribution in [2.45, 2.75) is 39.3 Å². The molecule has 5 rings (SSSR count). The Morgan fingerprint density at radius 3 is 2.66 bits per heavy atom. The van der Waals surface area contributed by atoms with Gasteiger partial charge in [0.25, 0.3) is 0 Å².